The Morgan fingerprint density at radius 3 is 2.43 bits per heavy atom. The largest absolute Gasteiger partial charge is 0.434 e. The molecule has 2 aromatic heterocycles. The molecule has 0 amide bonds. The summed E-state index contributed by atoms with van der Waals surface area (Å²) in [5, 5.41) is 0.256. The summed E-state index contributed by atoms with van der Waals surface area (Å²) >= 11 is 0.839. The summed E-state index contributed by atoms with van der Waals surface area (Å²) < 4.78 is 39.4. The Labute approximate surface area is 166 Å². The molecule has 5 nitrogen and oxygen atoms in total. The van der Waals surface area contributed by atoms with Crippen LogP contribution in [0.25, 0.3) is 0 Å². The van der Waals surface area contributed by atoms with E-state index in [9.17, 15) is 13.2 Å². The van der Waals surface area contributed by atoms with E-state index in [2.05, 4.69) is 19.9 Å². The first-order chi connectivity index (χ1) is 13.4. The van der Waals surface area contributed by atoms with Crippen molar-refractivity contribution >= 4 is 23.4 Å². The average molecular weight is 409 g/mol. The molecule has 1 spiro atoms. The molecule has 0 aromatic carbocycles. The van der Waals surface area contributed by atoms with Crippen LogP contribution in [0.1, 0.15) is 44.2 Å². The van der Waals surface area contributed by atoms with Gasteiger partial charge >= 0.3 is 6.18 Å². The number of hydrogen-bond donors (Lipinski definition) is 1. The Morgan fingerprint density at radius 1 is 1.07 bits per heavy atom. The van der Waals surface area contributed by atoms with Crippen molar-refractivity contribution in [2.24, 2.45) is 5.41 Å². The maximum absolute atomic E-state index is 13.1. The van der Waals surface area contributed by atoms with Crippen molar-refractivity contribution in [1.29, 1.82) is 0 Å². The molecule has 1 aliphatic heterocycles. The molecule has 9 heteroatoms. The van der Waals surface area contributed by atoms with E-state index in [-0.39, 0.29) is 15.7 Å². The van der Waals surface area contributed by atoms with Gasteiger partial charge in [0.15, 0.2) is 11.5 Å². The van der Waals surface area contributed by atoms with Crippen molar-refractivity contribution in [2.75, 3.05) is 23.7 Å². The third-order valence-corrected chi connectivity index (χ3v) is 6.87. The molecule has 1 saturated heterocycles. The van der Waals surface area contributed by atoms with Crippen LogP contribution in [0.15, 0.2) is 34.4 Å². The number of piperidine rings is 1. The highest BCUT2D eigenvalue weighted by molar-refractivity contribution is 7.99. The smallest absolute Gasteiger partial charge is 0.381 e. The van der Waals surface area contributed by atoms with E-state index >= 15 is 0 Å². The number of nitrogens with zero attached hydrogens (tertiary/aromatic N) is 4. The van der Waals surface area contributed by atoms with Crippen molar-refractivity contribution in [3.05, 3.63) is 30.2 Å². The predicted molar refractivity (Wildman–Crippen MR) is 102 cm³/mol. The van der Waals surface area contributed by atoms with Gasteiger partial charge in [-0.15, -0.1) is 0 Å². The zero-order valence-corrected chi connectivity index (χ0v) is 16.2. The van der Waals surface area contributed by atoms with E-state index in [4.69, 9.17) is 5.73 Å². The molecule has 150 valence electrons. The minimum Gasteiger partial charge on any atom is -0.381 e. The Bertz CT molecular complexity index is 842. The number of anilines is 2. The van der Waals surface area contributed by atoms with Crippen molar-refractivity contribution in [2.45, 2.75) is 54.6 Å². The molecule has 0 radical (unpaired) electrons. The molecule has 1 aliphatic carbocycles. The topological polar surface area (TPSA) is 67.9 Å². The Kier molecular flexibility index (Phi) is 5.11. The number of nitrogen functional groups attached to an aromatic ring is 1. The highest BCUT2D eigenvalue weighted by Gasteiger charge is 2.38. The minimum atomic E-state index is -4.53. The molecule has 2 N–H and O–H groups in total. The maximum atomic E-state index is 13.1. The molecule has 4 rings (SSSR count). The number of alkyl halides is 3. The molecule has 28 heavy (non-hydrogen) atoms. The van der Waals surface area contributed by atoms with Gasteiger partial charge < -0.3 is 10.6 Å². The van der Waals surface area contributed by atoms with E-state index in [1.165, 1.54) is 37.8 Å². The van der Waals surface area contributed by atoms with Crippen LogP contribution in [0.5, 0.6) is 0 Å². The summed E-state index contributed by atoms with van der Waals surface area (Å²) in [6, 6.07) is 2.82. The Hall–Kier alpha value is -2.03. The van der Waals surface area contributed by atoms with Crippen molar-refractivity contribution < 1.29 is 13.2 Å². The first kappa shape index (κ1) is 19.3. The number of halogens is 3. The van der Waals surface area contributed by atoms with Crippen molar-refractivity contribution in [3.8, 4) is 0 Å². The molecule has 1 saturated carbocycles. The van der Waals surface area contributed by atoms with Crippen molar-refractivity contribution in [1.82, 2.24) is 15.0 Å². The number of pyridine rings is 1. The normalized spacial score (nSPS) is 19.3. The van der Waals surface area contributed by atoms with Gasteiger partial charge in [0, 0.05) is 24.2 Å². The summed E-state index contributed by atoms with van der Waals surface area (Å²) in [5.41, 5.74) is 5.59. The van der Waals surface area contributed by atoms with Gasteiger partial charge in [0.05, 0.1) is 6.20 Å². The van der Waals surface area contributed by atoms with E-state index in [0.29, 0.717) is 11.2 Å². The van der Waals surface area contributed by atoms with Crippen LogP contribution in [0, 0.1) is 5.41 Å². The summed E-state index contributed by atoms with van der Waals surface area (Å²) in [7, 11) is 0. The molecule has 0 bridgehead atoms. The highest BCUT2D eigenvalue weighted by atomic mass is 32.2. The Morgan fingerprint density at radius 2 is 1.79 bits per heavy atom. The van der Waals surface area contributed by atoms with Crippen LogP contribution >= 0.6 is 11.8 Å². The molecule has 0 atom stereocenters. The fourth-order valence-corrected chi connectivity index (χ4v) is 5.11. The van der Waals surface area contributed by atoms with Crippen LogP contribution in [0.4, 0.5) is 24.8 Å². The number of aromatic nitrogens is 3. The average Bonchev–Trinajstić information content (AvgIpc) is 3.12. The van der Waals surface area contributed by atoms with Crippen LogP contribution in [-0.4, -0.2) is 28.0 Å². The van der Waals surface area contributed by atoms with Gasteiger partial charge in [-0.2, -0.15) is 13.2 Å². The number of rotatable bonds is 3. The standard InChI is InChI=1S/C19H22F3N5S/c20-19(21,22)15-13(4-3-9-24-15)28-17-16(23)26-14(12-25-17)27-10-7-18(8-11-27)5-1-2-6-18/h3-4,9,12H,1-2,5-8,10-11H2,(H2,23,26). The third kappa shape index (κ3) is 3.90. The van der Waals surface area contributed by atoms with Crippen LogP contribution in [0.3, 0.4) is 0 Å². The molecular formula is C19H22F3N5S. The third-order valence-electron chi connectivity index (χ3n) is 5.81. The summed E-state index contributed by atoms with van der Waals surface area (Å²) in [5.74, 6) is 0.831. The second-order valence-electron chi connectivity index (χ2n) is 7.56. The van der Waals surface area contributed by atoms with Crippen LogP contribution < -0.4 is 10.6 Å². The van der Waals surface area contributed by atoms with Crippen LogP contribution in [-0.2, 0) is 6.18 Å². The quantitative estimate of drug-likeness (QED) is 0.787. The van der Waals surface area contributed by atoms with Crippen molar-refractivity contribution in [3.63, 3.8) is 0 Å². The molecule has 0 unspecified atom stereocenters. The first-order valence-electron chi connectivity index (χ1n) is 9.44. The lowest BCUT2D eigenvalue weighted by molar-refractivity contribution is -0.143. The van der Waals surface area contributed by atoms with Gasteiger partial charge in [0.2, 0.25) is 0 Å². The fraction of sp³-hybridized carbons (Fsp3) is 0.526. The summed E-state index contributed by atoms with van der Waals surface area (Å²) in [6.07, 6.45) is 5.78. The SMILES string of the molecule is Nc1nc(N2CCC3(CCCC3)CC2)cnc1Sc1cccnc1C(F)(F)F. The highest BCUT2D eigenvalue weighted by Crippen LogP contribution is 2.46. The second-order valence-corrected chi connectivity index (χ2v) is 8.59. The maximum Gasteiger partial charge on any atom is 0.434 e. The molecular weight excluding hydrogens is 387 g/mol. The lowest BCUT2D eigenvalue weighted by Gasteiger charge is -2.39. The second kappa shape index (κ2) is 7.42. The monoisotopic (exact) mass is 409 g/mol. The lowest BCUT2D eigenvalue weighted by Crippen LogP contribution is -2.39. The molecule has 2 aromatic rings. The zero-order valence-electron chi connectivity index (χ0n) is 15.4. The fourth-order valence-electron chi connectivity index (χ4n) is 4.24. The Balaban J connectivity index is 1.49. The van der Waals surface area contributed by atoms with Crippen LogP contribution in [0.2, 0.25) is 0 Å². The van der Waals surface area contributed by atoms with E-state index in [1.807, 2.05) is 0 Å². The lowest BCUT2D eigenvalue weighted by atomic mass is 9.77. The molecule has 2 fully saturated rings. The summed E-state index contributed by atoms with van der Waals surface area (Å²) in [4.78, 5) is 14.3. The first-order valence-corrected chi connectivity index (χ1v) is 10.3. The van der Waals surface area contributed by atoms with Gasteiger partial charge in [-0.1, -0.05) is 24.6 Å². The summed E-state index contributed by atoms with van der Waals surface area (Å²) in [6.45, 7) is 1.84. The van der Waals surface area contributed by atoms with Gasteiger partial charge in [0.1, 0.15) is 10.8 Å². The molecule has 3 heterocycles. The van der Waals surface area contributed by atoms with Gasteiger partial charge in [-0.05, 0) is 43.2 Å². The number of nitrogens with two attached hydrogens (primary N) is 1. The minimum absolute atomic E-state index is 0.0371. The zero-order chi connectivity index (χ0) is 19.8. The predicted octanol–water partition coefficient (Wildman–Crippen LogP) is 4.78. The number of hydrogen-bond acceptors (Lipinski definition) is 6. The molecule has 2 aliphatic rings. The van der Waals surface area contributed by atoms with Gasteiger partial charge in [-0.3, -0.25) is 4.98 Å². The van der Waals surface area contributed by atoms with Gasteiger partial charge in [0.25, 0.3) is 0 Å². The van der Waals surface area contributed by atoms with E-state index in [0.717, 1.165) is 43.9 Å². The van der Waals surface area contributed by atoms with Gasteiger partial charge in [-0.25, -0.2) is 9.97 Å². The van der Waals surface area contributed by atoms with E-state index < -0.39 is 11.9 Å². The van der Waals surface area contributed by atoms with E-state index in [1.54, 1.807) is 6.20 Å².